The summed E-state index contributed by atoms with van der Waals surface area (Å²) in [5.41, 5.74) is 0. The van der Waals surface area contributed by atoms with Gasteiger partial charge in [-0.05, 0) is 36.5 Å². The summed E-state index contributed by atoms with van der Waals surface area (Å²) in [7, 11) is 0. The van der Waals surface area contributed by atoms with Crippen LogP contribution in [0.2, 0.25) is 0 Å². The standard InChI is InChI=1S/C15H30.C2H4/c1-5-12(2)6-9-14(4)15-10-7-13(3)8-11-15;1-2/h12-15H,5-11H2,1-4H3;1-2H2. The predicted molar refractivity (Wildman–Crippen MR) is 80.2 cm³/mol. The molecule has 0 N–H and O–H groups in total. The molecule has 0 aromatic carbocycles. The fourth-order valence-electron chi connectivity index (χ4n) is 2.84. The fraction of sp³-hybridized carbons (Fsp3) is 0.882. The zero-order valence-electron chi connectivity index (χ0n) is 12.7. The molecule has 0 heterocycles. The SMILES string of the molecule is C=C.CCC(C)CCC(C)C1CCC(C)CC1. The summed E-state index contributed by atoms with van der Waals surface area (Å²) in [6, 6.07) is 0. The summed E-state index contributed by atoms with van der Waals surface area (Å²) in [6.45, 7) is 15.6. The van der Waals surface area contributed by atoms with Crippen LogP contribution in [0.15, 0.2) is 13.2 Å². The van der Waals surface area contributed by atoms with Gasteiger partial charge in [-0.1, -0.05) is 59.8 Å². The highest BCUT2D eigenvalue weighted by molar-refractivity contribution is 4.74. The van der Waals surface area contributed by atoms with E-state index in [-0.39, 0.29) is 0 Å². The van der Waals surface area contributed by atoms with Crippen molar-refractivity contribution in [3.63, 3.8) is 0 Å². The summed E-state index contributed by atoms with van der Waals surface area (Å²) in [4.78, 5) is 0. The van der Waals surface area contributed by atoms with Crippen LogP contribution in [-0.4, -0.2) is 0 Å². The molecule has 0 heteroatoms. The molecular formula is C17H34. The van der Waals surface area contributed by atoms with Gasteiger partial charge in [-0.3, -0.25) is 0 Å². The lowest BCUT2D eigenvalue weighted by molar-refractivity contribution is 0.207. The Bertz CT molecular complexity index is 165. The Kier molecular flexibility index (Phi) is 9.59. The van der Waals surface area contributed by atoms with Crippen molar-refractivity contribution in [3.8, 4) is 0 Å². The van der Waals surface area contributed by atoms with Crippen molar-refractivity contribution < 1.29 is 0 Å². The zero-order chi connectivity index (χ0) is 13.3. The first-order chi connectivity index (χ1) is 8.13. The molecule has 0 nitrogen and oxygen atoms in total. The van der Waals surface area contributed by atoms with Crippen molar-refractivity contribution in [3.05, 3.63) is 13.2 Å². The molecule has 0 spiro atoms. The maximum atomic E-state index is 3.00. The second-order valence-corrected chi connectivity index (χ2v) is 6.09. The minimum Gasteiger partial charge on any atom is -0.106 e. The molecule has 17 heavy (non-hydrogen) atoms. The van der Waals surface area contributed by atoms with Crippen LogP contribution in [0, 0.1) is 23.7 Å². The maximum Gasteiger partial charge on any atom is -0.0388 e. The van der Waals surface area contributed by atoms with Crippen LogP contribution < -0.4 is 0 Å². The molecule has 0 amide bonds. The van der Waals surface area contributed by atoms with Gasteiger partial charge in [-0.2, -0.15) is 0 Å². The summed E-state index contributed by atoms with van der Waals surface area (Å²) < 4.78 is 0. The topological polar surface area (TPSA) is 0 Å². The van der Waals surface area contributed by atoms with Crippen LogP contribution in [0.4, 0.5) is 0 Å². The smallest absolute Gasteiger partial charge is 0.0388 e. The Morgan fingerprint density at radius 1 is 1.00 bits per heavy atom. The lowest BCUT2D eigenvalue weighted by atomic mass is 9.75. The summed E-state index contributed by atoms with van der Waals surface area (Å²) in [6.07, 6.45) is 10.2. The number of hydrogen-bond donors (Lipinski definition) is 0. The third-order valence-electron chi connectivity index (χ3n) is 4.68. The average molecular weight is 238 g/mol. The van der Waals surface area contributed by atoms with E-state index in [9.17, 15) is 0 Å². The van der Waals surface area contributed by atoms with Crippen LogP contribution in [0.1, 0.15) is 72.6 Å². The summed E-state index contributed by atoms with van der Waals surface area (Å²) >= 11 is 0. The molecule has 0 saturated heterocycles. The van der Waals surface area contributed by atoms with E-state index in [1.165, 1.54) is 44.9 Å². The summed E-state index contributed by atoms with van der Waals surface area (Å²) in [5.74, 6) is 3.97. The van der Waals surface area contributed by atoms with Gasteiger partial charge in [0.05, 0.1) is 0 Å². The molecule has 0 aliphatic heterocycles. The van der Waals surface area contributed by atoms with Gasteiger partial charge in [-0.15, -0.1) is 13.2 Å². The molecule has 0 aromatic heterocycles. The highest BCUT2D eigenvalue weighted by Gasteiger charge is 2.23. The van der Waals surface area contributed by atoms with Crippen molar-refractivity contribution >= 4 is 0 Å². The Balaban J connectivity index is 0.00000121. The maximum absolute atomic E-state index is 3.00. The van der Waals surface area contributed by atoms with E-state index in [2.05, 4.69) is 40.9 Å². The van der Waals surface area contributed by atoms with Crippen molar-refractivity contribution in [2.24, 2.45) is 23.7 Å². The number of rotatable bonds is 5. The van der Waals surface area contributed by atoms with E-state index in [4.69, 9.17) is 0 Å². The summed E-state index contributed by atoms with van der Waals surface area (Å²) in [5, 5.41) is 0. The van der Waals surface area contributed by atoms with E-state index in [1.807, 2.05) is 0 Å². The van der Waals surface area contributed by atoms with Crippen LogP contribution in [0.3, 0.4) is 0 Å². The van der Waals surface area contributed by atoms with Gasteiger partial charge in [-0.25, -0.2) is 0 Å². The molecule has 1 rings (SSSR count). The fourth-order valence-corrected chi connectivity index (χ4v) is 2.84. The normalized spacial score (nSPS) is 27.8. The van der Waals surface area contributed by atoms with Crippen molar-refractivity contribution in [1.82, 2.24) is 0 Å². The van der Waals surface area contributed by atoms with Crippen LogP contribution in [-0.2, 0) is 0 Å². The predicted octanol–water partition coefficient (Wildman–Crippen LogP) is 6.08. The molecule has 102 valence electrons. The third-order valence-corrected chi connectivity index (χ3v) is 4.68. The van der Waals surface area contributed by atoms with Crippen LogP contribution in [0.25, 0.3) is 0 Å². The lowest BCUT2D eigenvalue weighted by Gasteiger charge is -2.31. The van der Waals surface area contributed by atoms with E-state index >= 15 is 0 Å². The first-order valence-corrected chi connectivity index (χ1v) is 7.63. The van der Waals surface area contributed by atoms with Crippen LogP contribution >= 0.6 is 0 Å². The Morgan fingerprint density at radius 3 is 2.00 bits per heavy atom. The molecule has 0 bridgehead atoms. The lowest BCUT2D eigenvalue weighted by Crippen LogP contribution is -2.19. The van der Waals surface area contributed by atoms with Gasteiger partial charge in [0, 0.05) is 0 Å². The zero-order valence-corrected chi connectivity index (χ0v) is 12.7. The van der Waals surface area contributed by atoms with Crippen LogP contribution in [0.5, 0.6) is 0 Å². The van der Waals surface area contributed by atoms with E-state index < -0.39 is 0 Å². The molecule has 1 saturated carbocycles. The van der Waals surface area contributed by atoms with Gasteiger partial charge in [0.1, 0.15) is 0 Å². The van der Waals surface area contributed by atoms with E-state index in [1.54, 1.807) is 0 Å². The van der Waals surface area contributed by atoms with E-state index in [0.717, 1.165) is 23.7 Å². The molecule has 0 aromatic rings. The second-order valence-electron chi connectivity index (χ2n) is 6.09. The van der Waals surface area contributed by atoms with Gasteiger partial charge in [0.15, 0.2) is 0 Å². The minimum atomic E-state index is 0.940. The van der Waals surface area contributed by atoms with Crippen molar-refractivity contribution in [1.29, 1.82) is 0 Å². The highest BCUT2D eigenvalue weighted by Crippen LogP contribution is 2.35. The molecule has 1 fully saturated rings. The largest absolute Gasteiger partial charge is 0.106 e. The monoisotopic (exact) mass is 238 g/mol. The van der Waals surface area contributed by atoms with Gasteiger partial charge >= 0.3 is 0 Å². The molecule has 2 unspecified atom stereocenters. The quantitative estimate of drug-likeness (QED) is 0.509. The molecule has 1 aliphatic carbocycles. The highest BCUT2D eigenvalue weighted by atomic mass is 14.3. The Hall–Kier alpha value is -0.260. The number of hydrogen-bond acceptors (Lipinski definition) is 0. The van der Waals surface area contributed by atoms with Crippen molar-refractivity contribution in [2.45, 2.75) is 72.6 Å². The first kappa shape index (κ1) is 16.7. The molecular weight excluding hydrogens is 204 g/mol. The molecule has 0 radical (unpaired) electrons. The minimum absolute atomic E-state index is 0.940. The first-order valence-electron chi connectivity index (χ1n) is 7.63. The molecule has 1 aliphatic rings. The Labute approximate surface area is 110 Å². The van der Waals surface area contributed by atoms with Gasteiger partial charge in [0.25, 0.3) is 0 Å². The van der Waals surface area contributed by atoms with Gasteiger partial charge < -0.3 is 0 Å². The second kappa shape index (κ2) is 9.74. The van der Waals surface area contributed by atoms with E-state index in [0.29, 0.717) is 0 Å². The average Bonchev–Trinajstić information content (AvgIpc) is 2.38. The van der Waals surface area contributed by atoms with Gasteiger partial charge in [0.2, 0.25) is 0 Å². The molecule has 2 atom stereocenters. The van der Waals surface area contributed by atoms with Crippen molar-refractivity contribution in [2.75, 3.05) is 0 Å². The Morgan fingerprint density at radius 2 is 1.53 bits per heavy atom. The third kappa shape index (κ3) is 6.91.